The Morgan fingerprint density at radius 3 is 2.52 bits per heavy atom. The van der Waals surface area contributed by atoms with E-state index in [2.05, 4.69) is 35.0 Å². The first kappa shape index (κ1) is 16.4. The molecule has 0 radical (unpaired) electrons. The quantitative estimate of drug-likeness (QED) is 0.741. The summed E-state index contributed by atoms with van der Waals surface area (Å²) in [6.07, 6.45) is 0.0343. The molecule has 0 amide bonds. The van der Waals surface area contributed by atoms with E-state index in [0.29, 0.717) is 6.42 Å². The van der Waals surface area contributed by atoms with E-state index < -0.39 is 6.10 Å². The standard InChI is InChI=1S/C17H19BrO2S/c1-3-21-15-7-4-12(5-8-15)17(19)11-13-10-14(20-2)6-9-16(13)18/h4-10,17,19H,3,11H2,1-2H3. The highest BCUT2D eigenvalue weighted by atomic mass is 79.9. The predicted molar refractivity (Wildman–Crippen MR) is 92.2 cm³/mol. The highest BCUT2D eigenvalue weighted by Crippen LogP contribution is 2.28. The fourth-order valence-corrected chi connectivity index (χ4v) is 3.18. The third-order valence-electron chi connectivity index (χ3n) is 3.24. The first-order valence-corrected chi connectivity index (χ1v) is 8.65. The van der Waals surface area contributed by atoms with Crippen molar-refractivity contribution in [2.45, 2.75) is 24.3 Å². The number of methoxy groups -OCH3 is 1. The second-order valence-corrected chi connectivity index (χ2v) is 6.87. The van der Waals surface area contributed by atoms with E-state index >= 15 is 0 Å². The van der Waals surface area contributed by atoms with Crippen molar-refractivity contribution in [3.8, 4) is 5.75 Å². The Kier molecular flexibility index (Phi) is 6.15. The Bertz CT molecular complexity index is 584. The van der Waals surface area contributed by atoms with Crippen LogP contribution in [-0.2, 0) is 6.42 Å². The molecule has 0 saturated carbocycles. The lowest BCUT2D eigenvalue weighted by Gasteiger charge is -2.14. The van der Waals surface area contributed by atoms with Gasteiger partial charge in [-0.3, -0.25) is 0 Å². The van der Waals surface area contributed by atoms with Crippen LogP contribution in [0.3, 0.4) is 0 Å². The molecule has 0 aliphatic rings. The molecule has 1 unspecified atom stereocenters. The van der Waals surface area contributed by atoms with Crippen molar-refractivity contribution < 1.29 is 9.84 Å². The zero-order valence-electron chi connectivity index (χ0n) is 12.2. The van der Waals surface area contributed by atoms with E-state index in [0.717, 1.165) is 27.1 Å². The summed E-state index contributed by atoms with van der Waals surface area (Å²) >= 11 is 5.32. The summed E-state index contributed by atoms with van der Waals surface area (Å²) < 4.78 is 6.22. The number of thioether (sulfide) groups is 1. The minimum absolute atomic E-state index is 0.519. The van der Waals surface area contributed by atoms with Crippen LogP contribution >= 0.6 is 27.7 Å². The molecule has 0 bridgehead atoms. The van der Waals surface area contributed by atoms with E-state index in [1.54, 1.807) is 18.9 Å². The van der Waals surface area contributed by atoms with Crippen molar-refractivity contribution in [3.05, 3.63) is 58.1 Å². The summed E-state index contributed by atoms with van der Waals surface area (Å²) in [7, 11) is 1.65. The predicted octanol–water partition coefficient (Wildman–Crippen LogP) is 4.85. The average Bonchev–Trinajstić information content (AvgIpc) is 2.50. The third-order valence-corrected chi connectivity index (χ3v) is 4.91. The van der Waals surface area contributed by atoms with Crippen molar-refractivity contribution in [1.29, 1.82) is 0 Å². The van der Waals surface area contributed by atoms with Gasteiger partial charge in [-0.15, -0.1) is 11.8 Å². The summed E-state index contributed by atoms with van der Waals surface area (Å²) in [5, 5.41) is 10.4. The van der Waals surface area contributed by atoms with Crippen LogP contribution in [0.1, 0.15) is 24.2 Å². The third kappa shape index (κ3) is 4.50. The number of benzene rings is 2. The van der Waals surface area contributed by atoms with Crippen LogP contribution in [0.25, 0.3) is 0 Å². The lowest BCUT2D eigenvalue weighted by Crippen LogP contribution is -2.02. The number of hydrogen-bond acceptors (Lipinski definition) is 3. The Morgan fingerprint density at radius 1 is 1.19 bits per heavy atom. The molecule has 112 valence electrons. The highest BCUT2D eigenvalue weighted by molar-refractivity contribution is 9.10. The van der Waals surface area contributed by atoms with Crippen LogP contribution in [0.4, 0.5) is 0 Å². The van der Waals surface area contributed by atoms with Crippen molar-refractivity contribution >= 4 is 27.7 Å². The van der Waals surface area contributed by atoms with Crippen LogP contribution in [0.15, 0.2) is 51.8 Å². The van der Waals surface area contributed by atoms with E-state index in [9.17, 15) is 5.11 Å². The van der Waals surface area contributed by atoms with Gasteiger partial charge in [0.2, 0.25) is 0 Å². The van der Waals surface area contributed by atoms with Crippen LogP contribution < -0.4 is 4.74 Å². The molecule has 0 spiro atoms. The highest BCUT2D eigenvalue weighted by Gasteiger charge is 2.11. The van der Waals surface area contributed by atoms with Gasteiger partial charge >= 0.3 is 0 Å². The van der Waals surface area contributed by atoms with Crippen molar-refractivity contribution in [1.82, 2.24) is 0 Å². The molecule has 2 aromatic carbocycles. The molecule has 21 heavy (non-hydrogen) atoms. The number of aliphatic hydroxyl groups excluding tert-OH is 1. The number of halogens is 1. The molecule has 0 fully saturated rings. The number of rotatable bonds is 6. The SMILES string of the molecule is CCSc1ccc(C(O)Cc2cc(OC)ccc2Br)cc1. The maximum Gasteiger partial charge on any atom is 0.119 e. The fraction of sp³-hybridized carbons (Fsp3) is 0.294. The van der Waals surface area contributed by atoms with Gasteiger partial charge in [-0.25, -0.2) is 0 Å². The van der Waals surface area contributed by atoms with Gasteiger partial charge in [0.1, 0.15) is 5.75 Å². The molecular formula is C17H19BrO2S. The van der Waals surface area contributed by atoms with Gasteiger partial charge < -0.3 is 9.84 Å². The Balaban J connectivity index is 2.11. The van der Waals surface area contributed by atoms with E-state index in [1.807, 2.05) is 30.3 Å². The number of hydrogen-bond donors (Lipinski definition) is 1. The number of ether oxygens (including phenoxy) is 1. The van der Waals surface area contributed by atoms with Gasteiger partial charge in [-0.05, 0) is 47.2 Å². The first-order chi connectivity index (χ1) is 10.1. The maximum atomic E-state index is 10.4. The maximum absolute atomic E-state index is 10.4. The normalized spacial score (nSPS) is 12.2. The van der Waals surface area contributed by atoms with Gasteiger partial charge in [-0.2, -0.15) is 0 Å². The molecule has 0 heterocycles. The average molecular weight is 367 g/mol. The summed E-state index contributed by atoms with van der Waals surface area (Å²) in [4.78, 5) is 1.23. The van der Waals surface area contributed by atoms with Crippen molar-refractivity contribution in [2.75, 3.05) is 12.9 Å². The van der Waals surface area contributed by atoms with Gasteiger partial charge in [0.25, 0.3) is 0 Å². The van der Waals surface area contributed by atoms with E-state index in [-0.39, 0.29) is 0 Å². The van der Waals surface area contributed by atoms with Crippen LogP contribution in [0.2, 0.25) is 0 Å². The molecule has 4 heteroatoms. The second kappa shape index (κ2) is 7.87. The largest absolute Gasteiger partial charge is 0.497 e. The lowest BCUT2D eigenvalue weighted by atomic mass is 10.0. The molecule has 0 aliphatic heterocycles. The van der Waals surface area contributed by atoms with Crippen LogP contribution in [-0.4, -0.2) is 18.0 Å². The fourth-order valence-electron chi connectivity index (χ4n) is 2.11. The lowest BCUT2D eigenvalue weighted by molar-refractivity contribution is 0.178. The summed E-state index contributed by atoms with van der Waals surface area (Å²) in [5.41, 5.74) is 1.97. The van der Waals surface area contributed by atoms with Gasteiger partial charge in [0.05, 0.1) is 13.2 Å². The molecule has 2 aromatic rings. The summed E-state index contributed by atoms with van der Waals surface area (Å²) in [6, 6.07) is 13.9. The molecule has 2 rings (SSSR count). The minimum Gasteiger partial charge on any atom is -0.497 e. The second-order valence-electron chi connectivity index (χ2n) is 4.68. The van der Waals surface area contributed by atoms with E-state index in [1.165, 1.54) is 4.90 Å². The molecule has 0 aliphatic carbocycles. The topological polar surface area (TPSA) is 29.5 Å². The Morgan fingerprint density at radius 2 is 1.90 bits per heavy atom. The van der Waals surface area contributed by atoms with Crippen LogP contribution in [0.5, 0.6) is 5.75 Å². The van der Waals surface area contributed by atoms with Crippen molar-refractivity contribution in [2.24, 2.45) is 0 Å². The molecule has 1 atom stereocenters. The molecule has 2 nitrogen and oxygen atoms in total. The molecule has 0 saturated heterocycles. The zero-order chi connectivity index (χ0) is 15.2. The Hall–Kier alpha value is -0.970. The van der Waals surface area contributed by atoms with Crippen LogP contribution in [0, 0.1) is 0 Å². The summed E-state index contributed by atoms with van der Waals surface area (Å²) in [6.45, 7) is 2.13. The monoisotopic (exact) mass is 366 g/mol. The molecule has 1 N–H and O–H groups in total. The van der Waals surface area contributed by atoms with Gasteiger partial charge in [0, 0.05) is 15.8 Å². The number of aliphatic hydroxyl groups is 1. The minimum atomic E-state index is -0.519. The zero-order valence-corrected chi connectivity index (χ0v) is 14.6. The van der Waals surface area contributed by atoms with E-state index in [4.69, 9.17) is 4.74 Å². The molecular weight excluding hydrogens is 348 g/mol. The molecule has 0 aromatic heterocycles. The van der Waals surface area contributed by atoms with Gasteiger partial charge in [0.15, 0.2) is 0 Å². The first-order valence-electron chi connectivity index (χ1n) is 6.87. The Labute approximate surface area is 138 Å². The van der Waals surface area contributed by atoms with Crippen molar-refractivity contribution in [3.63, 3.8) is 0 Å². The van der Waals surface area contributed by atoms with Gasteiger partial charge in [-0.1, -0.05) is 35.0 Å². The smallest absolute Gasteiger partial charge is 0.119 e. The summed E-state index contributed by atoms with van der Waals surface area (Å²) in [5.74, 6) is 1.86.